The minimum absolute atomic E-state index is 0.234. The van der Waals surface area contributed by atoms with Gasteiger partial charge in [0.25, 0.3) is 0 Å². The third-order valence-corrected chi connectivity index (χ3v) is 3.93. The van der Waals surface area contributed by atoms with Crippen molar-refractivity contribution in [2.45, 2.75) is 32.9 Å². The van der Waals surface area contributed by atoms with E-state index in [0.717, 1.165) is 17.7 Å². The van der Waals surface area contributed by atoms with Crippen LogP contribution in [0.4, 0.5) is 0 Å². The Balaban J connectivity index is 2.11. The molecule has 0 saturated carbocycles. The van der Waals surface area contributed by atoms with E-state index in [2.05, 4.69) is 31.3 Å². The molecule has 1 atom stereocenters. The molecule has 0 heterocycles. The molecule has 0 aliphatic carbocycles. The van der Waals surface area contributed by atoms with Crippen LogP contribution < -0.4 is 10.1 Å². The molecule has 0 aromatic heterocycles. The first-order valence-corrected chi connectivity index (χ1v) is 8.26. The first-order chi connectivity index (χ1) is 10.6. The van der Waals surface area contributed by atoms with Gasteiger partial charge in [-0.3, -0.25) is 0 Å². The number of nitrogens with one attached hydrogen (secondary N) is 1. The molecule has 0 unspecified atom stereocenters. The number of hydrogen-bond acceptors (Lipinski definition) is 2. The number of ether oxygens (including phenoxy) is 1. The molecule has 22 heavy (non-hydrogen) atoms. The molecule has 0 saturated heterocycles. The van der Waals surface area contributed by atoms with Gasteiger partial charge in [0, 0.05) is 23.2 Å². The Morgan fingerprint density at radius 3 is 2.55 bits per heavy atom. The Labute approximate surface area is 142 Å². The number of benzene rings is 2. The molecule has 0 fully saturated rings. The van der Waals surface area contributed by atoms with Gasteiger partial charge < -0.3 is 10.1 Å². The molecule has 4 heteroatoms. The van der Waals surface area contributed by atoms with E-state index in [1.165, 1.54) is 5.56 Å². The van der Waals surface area contributed by atoms with E-state index < -0.39 is 0 Å². The lowest BCUT2D eigenvalue weighted by atomic mass is 10.1. The molecule has 2 nitrogen and oxygen atoms in total. The predicted molar refractivity (Wildman–Crippen MR) is 93.9 cm³/mol. The largest absolute Gasteiger partial charge is 0.492 e. The van der Waals surface area contributed by atoms with Gasteiger partial charge in [-0.15, -0.1) is 0 Å². The van der Waals surface area contributed by atoms with Crippen LogP contribution in [-0.4, -0.2) is 6.61 Å². The van der Waals surface area contributed by atoms with Gasteiger partial charge in [0.05, 0.1) is 11.6 Å². The summed E-state index contributed by atoms with van der Waals surface area (Å²) in [7, 11) is 0. The highest BCUT2D eigenvalue weighted by molar-refractivity contribution is 6.35. The average Bonchev–Trinajstić information content (AvgIpc) is 2.52. The van der Waals surface area contributed by atoms with Gasteiger partial charge in [0.15, 0.2) is 0 Å². The van der Waals surface area contributed by atoms with Gasteiger partial charge >= 0.3 is 0 Å². The SMILES string of the molecule is CCCOc1c(Cl)cc(Cl)cc1CN[C@H](C)c1ccccc1. The van der Waals surface area contributed by atoms with Gasteiger partial charge in [-0.05, 0) is 31.0 Å². The lowest BCUT2D eigenvalue weighted by Crippen LogP contribution is -2.18. The van der Waals surface area contributed by atoms with Crippen molar-refractivity contribution in [2.75, 3.05) is 6.61 Å². The first-order valence-electron chi connectivity index (χ1n) is 7.51. The molecule has 0 bridgehead atoms. The second-order valence-electron chi connectivity index (χ2n) is 5.24. The smallest absolute Gasteiger partial charge is 0.142 e. The monoisotopic (exact) mass is 337 g/mol. The lowest BCUT2D eigenvalue weighted by Gasteiger charge is -2.17. The van der Waals surface area contributed by atoms with Crippen molar-refractivity contribution >= 4 is 23.2 Å². The fraction of sp³-hybridized carbons (Fsp3) is 0.333. The van der Waals surface area contributed by atoms with E-state index in [4.69, 9.17) is 27.9 Å². The Kier molecular flexibility index (Phi) is 6.56. The number of hydrogen-bond donors (Lipinski definition) is 1. The molecule has 0 aliphatic rings. The topological polar surface area (TPSA) is 21.3 Å². The molecule has 0 amide bonds. The normalized spacial score (nSPS) is 12.2. The summed E-state index contributed by atoms with van der Waals surface area (Å²) in [5.74, 6) is 0.723. The second-order valence-corrected chi connectivity index (χ2v) is 6.08. The summed E-state index contributed by atoms with van der Waals surface area (Å²) in [4.78, 5) is 0. The van der Waals surface area contributed by atoms with Crippen LogP contribution in [0.15, 0.2) is 42.5 Å². The molecular weight excluding hydrogens is 317 g/mol. The van der Waals surface area contributed by atoms with Crippen molar-refractivity contribution in [1.29, 1.82) is 0 Å². The standard InChI is InChI=1S/C18H21Cl2NO/c1-3-9-22-18-15(10-16(19)11-17(18)20)12-21-13(2)14-7-5-4-6-8-14/h4-8,10-11,13,21H,3,9,12H2,1-2H3/t13-/m1/s1. The van der Waals surface area contributed by atoms with Gasteiger partial charge in [-0.25, -0.2) is 0 Å². The van der Waals surface area contributed by atoms with E-state index in [-0.39, 0.29) is 6.04 Å². The Hall–Kier alpha value is -1.22. The maximum atomic E-state index is 6.27. The van der Waals surface area contributed by atoms with E-state index in [0.29, 0.717) is 23.2 Å². The zero-order valence-corrected chi connectivity index (χ0v) is 14.4. The Bertz CT molecular complexity index is 602. The highest BCUT2D eigenvalue weighted by atomic mass is 35.5. The fourth-order valence-electron chi connectivity index (χ4n) is 2.23. The number of rotatable bonds is 7. The van der Waals surface area contributed by atoms with Crippen LogP contribution in [0.5, 0.6) is 5.75 Å². The minimum atomic E-state index is 0.234. The van der Waals surface area contributed by atoms with Crippen molar-refractivity contribution in [3.63, 3.8) is 0 Å². The first kappa shape index (κ1) is 17.1. The molecule has 0 radical (unpaired) electrons. The third-order valence-electron chi connectivity index (χ3n) is 3.43. The van der Waals surface area contributed by atoms with Crippen molar-refractivity contribution in [3.8, 4) is 5.75 Å². The van der Waals surface area contributed by atoms with Crippen LogP contribution in [0.1, 0.15) is 37.4 Å². The predicted octanol–water partition coefficient (Wildman–Crippen LogP) is 5.63. The Morgan fingerprint density at radius 1 is 1.14 bits per heavy atom. The molecule has 2 aromatic carbocycles. The van der Waals surface area contributed by atoms with E-state index in [1.807, 2.05) is 24.3 Å². The van der Waals surface area contributed by atoms with Crippen molar-refractivity contribution < 1.29 is 4.74 Å². The van der Waals surface area contributed by atoms with Crippen LogP contribution in [0.2, 0.25) is 10.0 Å². The Morgan fingerprint density at radius 2 is 1.86 bits per heavy atom. The van der Waals surface area contributed by atoms with Crippen LogP contribution in [0, 0.1) is 0 Å². The number of halogens is 2. The van der Waals surface area contributed by atoms with E-state index in [9.17, 15) is 0 Å². The average molecular weight is 338 g/mol. The molecule has 118 valence electrons. The highest BCUT2D eigenvalue weighted by Gasteiger charge is 2.12. The van der Waals surface area contributed by atoms with Gasteiger partial charge in [0.1, 0.15) is 5.75 Å². The summed E-state index contributed by atoms with van der Waals surface area (Å²) < 4.78 is 5.78. The maximum absolute atomic E-state index is 6.27. The van der Waals surface area contributed by atoms with Crippen molar-refractivity contribution in [2.24, 2.45) is 0 Å². The van der Waals surface area contributed by atoms with Gasteiger partial charge in [0.2, 0.25) is 0 Å². The molecule has 0 spiro atoms. The van der Waals surface area contributed by atoms with Crippen LogP contribution in [-0.2, 0) is 6.54 Å². The molecule has 2 rings (SSSR count). The summed E-state index contributed by atoms with van der Waals surface area (Å²) in [6.45, 7) is 5.49. The molecular formula is C18H21Cl2NO. The van der Waals surface area contributed by atoms with Gasteiger partial charge in [-0.1, -0.05) is 60.5 Å². The fourth-order valence-corrected chi connectivity index (χ4v) is 2.82. The molecule has 0 aliphatic heterocycles. The second kappa shape index (κ2) is 8.42. The summed E-state index contributed by atoms with van der Waals surface area (Å²) >= 11 is 12.4. The van der Waals surface area contributed by atoms with Gasteiger partial charge in [-0.2, -0.15) is 0 Å². The highest BCUT2D eigenvalue weighted by Crippen LogP contribution is 2.33. The zero-order chi connectivity index (χ0) is 15.9. The van der Waals surface area contributed by atoms with Crippen molar-refractivity contribution in [3.05, 3.63) is 63.6 Å². The minimum Gasteiger partial charge on any atom is -0.492 e. The van der Waals surface area contributed by atoms with Crippen LogP contribution in [0.25, 0.3) is 0 Å². The third kappa shape index (κ3) is 4.64. The summed E-state index contributed by atoms with van der Waals surface area (Å²) in [5, 5.41) is 4.67. The van der Waals surface area contributed by atoms with E-state index >= 15 is 0 Å². The maximum Gasteiger partial charge on any atom is 0.142 e. The quantitative estimate of drug-likeness (QED) is 0.706. The molecule has 2 aromatic rings. The molecule has 1 N–H and O–H groups in total. The summed E-state index contributed by atoms with van der Waals surface area (Å²) in [6, 6.07) is 14.2. The van der Waals surface area contributed by atoms with Crippen LogP contribution >= 0.6 is 23.2 Å². The summed E-state index contributed by atoms with van der Waals surface area (Å²) in [5.41, 5.74) is 2.22. The summed E-state index contributed by atoms with van der Waals surface area (Å²) in [6.07, 6.45) is 0.937. The zero-order valence-electron chi connectivity index (χ0n) is 12.9. The van der Waals surface area contributed by atoms with Crippen molar-refractivity contribution in [1.82, 2.24) is 5.32 Å². The lowest BCUT2D eigenvalue weighted by molar-refractivity contribution is 0.313. The van der Waals surface area contributed by atoms with Crippen LogP contribution in [0.3, 0.4) is 0 Å². The van der Waals surface area contributed by atoms with E-state index in [1.54, 1.807) is 6.07 Å².